The molecule has 0 saturated heterocycles. The first-order valence-electron chi connectivity index (χ1n) is 9.16. The van der Waals surface area contributed by atoms with E-state index in [2.05, 4.69) is 51.4 Å². The summed E-state index contributed by atoms with van der Waals surface area (Å²) in [4.78, 5) is 6.80. The topological polar surface area (TPSA) is 63.2 Å². The molecule has 0 amide bonds. The first-order chi connectivity index (χ1) is 13.2. The van der Waals surface area contributed by atoms with Gasteiger partial charge in [0.2, 0.25) is 5.95 Å². The molecular formula is C21H25N5O. The zero-order valence-corrected chi connectivity index (χ0v) is 16.0. The zero-order chi connectivity index (χ0) is 19.1. The van der Waals surface area contributed by atoms with Crippen LogP contribution >= 0.6 is 0 Å². The maximum absolute atomic E-state index is 5.67. The number of aromatic nitrogens is 3. The lowest BCUT2D eigenvalue weighted by Gasteiger charge is -2.26. The third kappa shape index (κ3) is 4.94. The molecule has 0 aliphatic rings. The number of benzene rings is 2. The second-order valence-electron chi connectivity index (χ2n) is 6.40. The molecule has 0 atom stereocenters. The highest BCUT2D eigenvalue weighted by molar-refractivity contribution is 5.64. The number of para-hydroxylation sites is 2. The van der Waals surface area contributed by atoms with E-state index in [4.69, 9.17) is 4.74 Å². The van der Waals surface area contributed by atoms with Crippen LogP contribution in [-0.2, 0) is 6.54 Å². The minimum Gasteiger partial charge on any atom is -0.492 e. The van der Waals surface area contributed by atoms with Gasteiger partial charge in [-0.1, -0.05) is 42.5 Å². The molecule has 0 radical (unpaired) electrons. The summed E-state index contributed by atoms with van der Waals surface area (Å²) < 4.78 is 5.67. The minimum absolute atomic E-state index is 0.234. The second-order valence-corrected chi connectivity index (χ2v) is 6.40. The van der Waals surface area contributed by atoms with Crippen molar-refractivity contribution >= 4 is 17.5 Å². The highest BCUT2D eigenvalue weighted by Crippen LogP contribution is 2.27. The number of nitrogens with zero attached hydrogens (tertiary/aromatic N) is 4. The van der Waals surface area contributed by atoms with E-state index in [-0.39, 0.29) is 6.04 Å². The minimum atomic E-state index is 0.234. The molecule has 3 aromatic rings. The van der Waals surface area contributed by atoms with Crippen molar-refractivity contribution in [1.29, 1.82) is 0 Å². The van der Waals surface area contributed by atoms with Gasteiger partial charge in [0.1, 0.15) is 5.75 Å². The average Bonchev–Trinajstić information content (AvgIpc) is 2.69. The van der Waals surface area contributed by atoms with Crippen molar-refractivity contribution in [3.05, 3.63) is 66.4 Å². The third-order valence-electron chi connectivity index (χ3n) is 4.07. The van der Waals surface area contributed by atoms with Crippen LogP contribution in [0.2, 0.25) is 0 Å². The van der Waals surface area contributed by atoms with Gasteiger partial charge in [0, 0.05) is 12.6 Å². The van der Waals surface area contributed by atoms with Crippen molar-refractivity contribution < 1.29 is 4.74 Å². The fourth-order valence-corrected chi connectivity index (χ4v) is 2.73. The predicted molar refractivity (Wildman–Crippen MR) is 108 cm³/mol. The molecule has 0 spiro atoms. The van der Waals surface area contributed by atoms with Gasteiger partial charge in [0.15, 0.2) is 5.82 Å². The Balaban J connectivity index is 1.83. The van der Waals surface area contributed by atoms with Gasteiger partial charge in [-0.3, -0.25) is 0 Å². The van der Waals surface area contributed by atoms with Crippen LogP contribution in [-0.4, -0.2) is 27.8 Å². The van der Waals surface area contributed by atoms with E-state index in [9.17, 15) is 0 Å². The van der Waals surface area contributed by atoms with E-state index in [1.54, 1.807) is 6.20 Å². The van der Waals surface area contributed by atoms with Crippen molar-refractivity contribution in [2.45, 2.75) is 33.4 Å². The molecule has 0 bridgehead atoms. The first kappa shape index (κ1) is 18.6. The number of anilines is 3. The van der Waals surface area contributed by atoms with Gasteiger partial charge < -0.3 is 15.0 Å². The molecule has 0 fully saturated rings. The van der Waals surface area contributed by atoms with Crippen molar-refractivity contribution in [3.8, 4) is 5.75 Å². The van der Waals surface area contributed by atoms with Gasteiger partial charge in [-0.05, 0) is 38.5 Å². The SMILES string of the molecule is CCOc1ccccc1Nc1cnnc(N(Cc2ccccc2)C(C)C)n1. The van der Waals surface area contributed by atoms with E-state index in [0.29, 0.717) is 18.4 Å². The number of hydrogen-bond acceptors (Lipinski definition) is 6. The molecule has 0 aliphatic carbocycles. The van der Waals surface area contributed by atoms with Crippen LogP contribution in [0.5, 0.6) is 5.75 Å². The van der Waals surface area contributed by atoms with Crippen molar-refractivity contribution in [2.75, 3.05) is 16.8 Å². The highest BCUT2D eigenvalue weighted by Gasteiger charge is 2.16. The number of nitrogens with one attached hydrogen (secondary N) is 1. The van der Waals surface area contributed by atoms with E-state index in [0.717, 1.165) is 18.0 Å². The Bertz CT molecular complexity index is 854. The Hall–Kier alpha value is -3.15. The smallest absolute Gasteiger partial charge is 0.247 e. The van der Waals surface area contributed by atoms with Gasteiger partial charge in [-0.15, -0.1) is 5.10 Å². The van der Waals surface area contributed by atoms with E-state index >= 15 is 0 Å². The molecule has 6 heteroatoms. The summed E-state index contributed by atoms with van der Waals surface area (Å²) in [6, 6.07) is 18.3. The summed E-state index contributed by atoms with van der Waals surface area (Å²) in [7, 11) is 0. The fraction of sp³-hybridized carbons (Fsp3) is 0.286. The summed E-state index contributed by atoms with van der Waals surface area (Å²) in [6.45, 7) is 7.53. The molecule has 140 valence electrons. The number of hydrogen-bond donors (Lipinski definition) is 1. The predicted octanol–water partition coefficient (Wildman–Crippen LogP) is 4.43. The molecule has 1 N–H and O–H groups in total. The van der Waals surface area contributed by atoms with Crippen LogP contribution in [0.15, 0.2) is 60.8 Å². The summed E-state index contributed by atoms with van der Waals surface area (Å²) in [5.74, 6) is 2.00. The van der Waals surface area contributed by atoms with Gasteiger partial charge in [0.05, 0.1) is 18.5 Å². The normalized spacial score (nSPS) is 10.7. The van der Waals surface area contributed by atoms with Gasteiger partial charge in [-0.2, -0.15) is 10.1 Å². The molecule has 0 unspecified atom stereocenters. The molecule has 2 aromatic carbocycles. The molecule has 1 aromatic heterocycles. The van der Waals surface area contributed by atoms with Crippen LogP contribution in [0.3, 0.4) is 0 Å². The van der Waals surface area contributed by atoms with Crippen LogP contribution < -0.4 is 15.0 Å². The lowest BCUT2D eigenvalue weighted by Crippen LogP contribution is -2.32. The fourth-order valence-electron chi connectivity index (χ4n) is 2.73. The molecule has 6 nitrogen and oxygen atoms in total. The summed E-state index contributed by atoms with van der Waals surface area (Å²) in [5, 5.41) is 11.7. The summed E-state index contributed by atoms with van der Waals surface area (Å²) >= 11 is 0. The maximum atomic E-state index is 5.67. The van der Waals surface area contributed by atoms with Gasteiger partial charge >= 0.3 is 0 Å². The van der Waals surface area contributed by atoms with Gasteiger partial charge in [-0.25, -0.2) is 0 Å². The lowest BCUT2D eigenvalue weighted by atomic mass is 10.2. The highest BCUT2D eigenvalue weighted by atomic mass is 16.5. The second kappa shape index (κ2) is 8.98. The van der Waals surface area contributed by atoms with E-state index in [1.165, 1.54) is 5.56 Å². The monoisotopic (exact) mass is 363 g/mol. The van der Waals surface area contributed by atoms with Crippen molar-refractivity contribution in [1.82, 2.24) is 15.2 Å². The molecule has 27 heavy (non-hydrogen) atoms. The van der Waals surface area contributed by atoms with Crippen LogP contribution in [0.4, 0.5) is 17.5 Å². The van der Waals surface area contributed by atoms with Crippen molar-refractivity contribution in [3.63, 3.8) is 0 Å². The third-order valence-corrected chi connectivity index (χ3v) is 4.07. The van der Waals surface area contributed by atoms with Gasteiger partial charge in [0.25, 0.3) is 0 Å². The first-order valence-corrected chi connectivity index (χ1v) is 9.16. The Labute approximate surface area is 160 Å². The summed E-state index contributed by atoms with van der Waals surface area (Å²) in [5.41, 5.74) is 2.06. The molecular weight excluding hydrogens is 338 g/mol. The molecule has 1 heterocycles. The van der Waals surface area contributed by atoms with E-state index < -0.39 is 0 Å². The number of ether oxygens (including phenoxy) is 1. The lowest BCUT2D eigenvalue weighted by molar-refractivity contribution is 0.342. The Morgan fingerprint density at radius 2 is 1.78 bits per heavy atom. The average molecular weight is 363 g/mol. The Kier molecular flexibility index (Phi) is 6.20. The van der Waals surface area contributed by atoms with E-state index in [1.807, 2.05) is 49.4 Å². The standard InChI is InChI=1S/C21H25N5O/c1-4-27-19-13-9-8-12-18(19)23-20-14-22-25-21(24-20)26(16(2)3)15-17-10-6-5-7-11-17/h5-14,16H,4,15H2,1-3H3,(H,23,24,25). The molecule has 0 aliphatic heterocycles. The van der Waals surface area contributed by atoms with Crippen molar-refractivity contribution in [2.24, 2.45) is 0 Å². The zero-order valence-electron chi connectivity index (χ0n) is 16.0. The maximum Gasteiger partial charge on any atom is 0.247 e. The number of rotatable bonds is 8. The van der Waals surface area contributed by atoms with Crippen LogP contribution in [0, 0.1) is 0 Å². The quantitative estimate of drug-likeness (QED) is 0.639. The molecule has 3 rings (SSSR count). The summed E-state index contributed by atoms with van der Waals surface area (Å²) in [6.07, 6.45) is 1.62. The molecule has 0 saturated carbocycles. The van der Waals surface area contributed by atoms with Crippen LogP contribution in [0.25, 0.3) is 0 Å². The van der Waals surface area contributed by atoms with Crippen LogP contribution in [0.1, 0.15) is 26.3 Å². The largest absolute Gasteiger partial charge is 0.492 e. The Morgan fingerprint density at radius 1 is 1.04 bits per heavy atom. The Morgan fingerprint density at radius 3 is 2.52 bits per heavy atom.